The van der Waals surface area contributed by atoms with Gasteiger partial charge in [-0.15, -0.1) is 0 Å². The molecule has 1 aromatic rings. The number of hydrogen-bond acceptors (Lipinski definition) is 3. The highest BCUT2D eigenvalue weighted by molar-refractivity contribution is 5.93. The van der Waals surface area contributed by atoms with Crippen LogP contribution < -0.4 is 16.0 Å². The summed E-state index contributed by atoms with van der Waals surface area (Å²) in [5, 5.41) is 2.99. The van der Waals surface area contributed by atoms with Gasteiger partial charge in [0.15, 0.2) is 0 Å². The van der Waals surface area contributed by atoms with Gasteiger partial charge in [-0.05, 0) is 37.0 Å². The minimum Gasteiger partial charge on any atom is -0.371 e. The molecule has 1 fully saturated rings. The Bertz CT molecular complexity index is 453. The number of carbonyl (C=O) groups is 1. The van der Waals surface area contributed by atoms with E-state index < -0.39 is 0 Å². The van der Waals surface area contributed by atoms with Gasteiger partial charge in [0.2, 0.25) is 5.91 Å². The topological polar surface area (TPSA) is 58.4 Å². The van der Waals surface area contributed by atoms with Crippen molar-refractivity contribution >= 4 is 17.3 Å². The Morgan fingerprint density at radius 3 is 2.65 bits per heavy atom. The summed E-state index contributed by atoms with van der Waals surface area (Å²) in [6, 6.07) is 8.09. The van der Waals surface area contributed by atoms with Gasteiger partial charge in [0.05, 0.1) is 5.92 Å². The zero-order chi connectivity index (χ0) is 14.5. The molecule has 2 rings (SSSR count). The van der Waals surface area contributed by atoms with E-state index in [0.29, 0.717) is 6.54 Å². The molecule has 4 heteroatoms. The second-order valence-corrected chi connectivity index (χ2v) is 5.82. The first-order chi connectivity index (χ1) is 9.61. The highest BCUT2D eigenvalue weighted by atomic mass is 16.1. The van der Waals surface area contributed by atoms with Crippen molar-refractivity contribution in [1.82, 2.24) is 0 Å². The van der Waals surface area contributed by atoms with Crippen molar-refractivity contribution in [3.63, 3.8) is 0 Å². The molecular formula is C16H25N3O. The second-order valence-electron chi connectivity index (χ2n) is 5.82. The second kappa shape index (κ2) is 6.75. The Balaban J connectivity index is 2.05. The SMILES string of the molecule is CC(C)C(CN)C(=O)Nc1cccc(N2CCCC2)c1. The fourth-order valence-electron chi connectivity index (χ4n) is 2.67. The number of nitrogens with zero attached hydrogens (tertiary/aromatic N) is 1. The van der Waals surface area contributed by atoms with Crippen molar-refractivity contribution in [2.24, 2.45) is 17.6 Å². The number of nitrogens with two attached hydrogens (primary N) is 1. The van der Waals surface area contributed by atoms with E-state index >= 15 is 0 Å². The van der Waals surface area contributed by atoms with Gasteiger partial charge in [0, 0.05) is 31.0 Å². The summed E-state index contributed by atoms with van der Waals surface area (Å²) in [5.74, 6) is 0.133. The standard InChI is InChI=1S/C16H25N3O/c1-12(2)15(11-17)16(20)18-13-6-5-7-14(10-13)19-8-3-4-9-19/h5-7,10,12,15H,3-4,8-9,11,17H2,1-2H3,(H,18,20). The highest BCUT2D eigenvalue weighted by Crippen LogP contribution is 2.24. The van der Waals surface area contributed by atoms with Gasteiger partial charge < -0.3 is 16.0 Å². The molecule has 1 unspecified atom stereocenters. The van der Waals surface area contributed by atoms with E-state index in [2.05, 4.69) is 22.3 Å². The molecule has 1 aromatic carbocycles. The van der Waals surface area contributed by atoms with E-state index in [0.717, 1.165) is 18.8 Å². The first kappa shape index (κ1) is 14.9. The number of hydrogen-bond donors (Lipinski definition) is 2. The van der Waals surface area contributed by atoms with Crippen LogP contribution in [-0.4, -0.2) is 25.5 Å². The minimum absolute atomic E-state index is 0.0149. The van der Waals surface area contributed by atoms with Crippen LogP contribution in [-0.2, 0) is 4.79 Å². The Morgan fingerprint density at radius 2 is 2.05 bits per heavy atom. The Hall–Kier alpha value is -1.55. The molecule has 1 heterocycles. The average Bonchev–Trinajstić information content (AvgIpc) is 2.93. The summed E-state index contributed by atoms with van der Waals surface area (Å²) in [4.78, 5) is 14.6. The van der Waals surface area contributed by atoms with Crippen LogP contribution in [0.2, 0.25) is 0 Å². The van der Waals surface area contributed by atoms with Crippen molar-refractivity contribution in [3.8, 4) is 0 Å². The van der Waals surface area contributed by atoms with Gasteiger partial charge in [0.1, 0.15) is 0 Å². The van der Waals surface area contributed by atoms with E-state index in [1.807, 2.05) is 26.0 Å². The summed E-state index contributed by atoms with van der Waals surface area (Å²) in [6.07, 6.45) is 2.50. The fraction of sp³-hybridized carbons (Fsp3) is 0.562. The lowest BCUT2D eigenvalue weighted by Crippen LogP contribution is -2.33. The van der Waals surface area contributed by atoms with E-state index in [-0.39, 0.29) is 17.7 Å². The lowest BCUT2D eigenvalue weighted by atomic mass is 9.95. The lowest BCUT2D eigenvalue weighted by Gasteiger charge is -2.20. The third-order valence-electron chi connectivity index (χ3n) is 3.98. The predicted molar refractivity (Wildman–Crippen MR) is 83.9 cm³/mol. The van der Waals surface area contributed by atoms with Crippen molar-refractivity contribution in [3.05, 3.63) is 24.3 Å². The summed E-state index contributed by atoms with van der Waals surface area (Å²) in [6.45, 7) is 6.65. The molecule has 0 saturated carbocycles. The summed E-state index contributed by atoms with van der Waals surface area (Å²) in [7, 11) is 0. The largest absolute Gasteiger partial charge is 0.371 e. The molecule has 1 aliphatic heterocycles. The van der Waals surface area contributed by atoms with Gasteiger partial charge in [-0.1, -0.05) is 19.9 Å². The van der Waals surface area contributed by atoms with Crippen LogP contribution in [0.15, 0.2) is 24.3 Å². The average molecular weight is 275 g/mol. The molecule has 0 aliphatic carbocycles. The number of nitrogens with one attached hydrogen (secondary N) is 1. The molecular weight excluding hydrogens is 250 g/mol. The van der Waals surface area contributed by atoms with Crippen LogP contribution in [0.1, 0.15) is 26.7 Å². The smallest absolute Gasteiger partial charge is 0.229 e. The number of anilines is 2. The van der Waals surface area contributed by atoms with Crippen LogP contribution in [0.4, 0.5) is 11.4 Å². The van der Waals surface area contributed by atoms with Crippen molar-refractivity contribution in [1.29, 1.82) is 0 Å². The van der Waals surface area contributed by atoms with Gasteiger partial charge in [-0.3, -0.25) is 4.79 Å². The van der Waals surface area contributed by atoms with Crippen LogP contribution >= 0.6 is 0 Å². The van der Waals surface area contributed by atoms with E-state index in [9.17, 15) is 4.79 Å². The molecule has 0 radical (unpaired) electrons. The van der Waals surface area contributed by atoms with E-state index in [1.54, 1.807) is 0 Å². The highest BCUT2D eigenvalue weighted by Gasteiger charge is 2.20. The third kappa shape index (κ3) is 3.51. The maximum Gasteiger partial charge on any atom is 0.229 e. The molecule has 0 spiro atoms. The minimum atomic E-state index is -0.134. The van der Waals surface area contributed by atoms with E-state index in [4.69, 9.17) is 5.73 Å². The van der Waals surface area contributed by atoms with Crippen LogP contribution in [0.5, 0.6) is 0 Å². The first-order valence-electron chi connectivity index (χ1n) is 7.47. The third-order valence-corrected chi connectivity index (χ3v) is 3.98. The molecule has 1 aliphatic rings. The molecule has 0 aromatic heterocycles. The van der Waals surface area contributed by atoms with Gasteiger partial charge in [-0.2, -0.15) is 0 Å². The van der Waals surface area contributed by atoms with E-state index in [1.165, 1.54) is 18.5 Å². The Labute approximate surface area is 121 Å². The van der Waals surface area contributed by atoms with Crippen molar-refractivity contribution in [2.45, 2.75) is 26.7 Å². The first-order valence-corrected chi connectivity index (χ1v) is 7.47. The quantitative estimate of drug-likeness (QED) is 0.868. The molecule has 110 valence electrons. The zero-order valence-electron chi connectivity index (χ0n) is 12.4. The summed E-state index contributed by atoms with van der Waals surface area (Å²) in [5.41, 5.74) is 7.74. The van der Waals surface area contributed by atoms with Crippen LogP contribution in [0, 0.1) is 11.8 Å². The van der Waals surface area contributed by atoms with Gasteiger partial charge >= 0.3 is 0 Å². The zero-order valence-corrected chi connectivity index (χ0v) is 12.4. The number of carbonyl (C=O) groups excluding carboxylic acids is 1. The summed E-state index contributed by atoms with van der Waals surface area (Å²) < 4.78 is 0. The summed E-state index contributed by atoms with van der Waals surface area (Å²) >= 11 is 0. The van der Waals surface area contributed by atoms with Gasteiger partial charge in [-0.25, -0.2) is 0 Å². The molecule has 3 N–H and O–H groups in total. The number of benzene rings is 1. The molecule has 0 bridgehead atoms. The molecule has 20 heavy (non-hydrogen) atoms. The Morgan fingerprint density at radius 1 is 1.35 bits per heavy atom. The fourth-order valence-corrected chi connectivity index (χ4v) is 2.67. The van der Waals surface area contributed by atoms with Gasteiger partial charge in [0.25, 0.3) is 0 Å². The van der Waals surface area contributed by atoms with Crippen LogP contribution in [0.25, 0.3) is 0 Å². The lowest BCUT2D eigenvalue weighted by molar-refractivity contribution is -0.120. The maximum absolute atomic E-state index is 12.2. The monoisotopic (exact) mass is 275 g/mol. The van der Waals surface area contributed by atoms with Crippen molar-refractivity contribution in [2.75, 3.05) is 29.9 Å². The molecule has 4 nitrogen and oxygen atoms in total. The van der Waals surface area contributed by atoms with Crippen LogP contribution in [0.3, 0.4) is 0 Å². The predicted octanol–water partition coefficient (Wildman–Crippen LogP) is 2.46. The van der Waals surface area contributed by atoms with Crippen molar-refractivity contribution < 1.29 is 4.79 Å². The number of amides is 1. The maximum atomic E-state index is 12.2. The Kier molecular flexibility index (Phi) is 5.01. The number of rotatable bonds is 5. The molecule has 1 saturated heterocycles. The normalized spacial score (nSPS) is 16.5. The molecule has 1 amide bonds. The molecule has 1 atom stereocenters.